The van der Waals surface area contributed by atoms with Gasteiger partial charge in [0.05, 0.1) is 11.6 Å². The van der Waals surface area contributed by atoms with Gasteiger partial charge in [-0.05, 0) is 43.2 Å². The summed E-state index contributed by atoms with van der Waals surface area (Å²) < 4.78 is 20.5. The van der Waals surface area contributed by atoms with Crippen LogP contribution in [0.2, 0.25) is 5.02 Å². The molecule has 0 spiro atoms. The molecule has 176 valence electrons. The molecule has 7 nitrogen and oxygen atoms in total. The van der Waals surface area contributed by atoms with Crippen molar-refractivity contribution in [1.29, 1.82) is 0 Å². The van der Waals surface area contributed by atoms with Crippen LogP contribution in [-0.2, 0) is 23.1 Å². The second-order valence-corrected chi connectivity index (χ2v) is 8.01. The summed E-state index contributed by atoms with van der Waals surface area (Å²) in [5.74, 6) is -0.701. The number of nitrogens with zero attached hydrogens (tertiary/aromatic N) is 3. The maximum absolute atomic E-state index is 13.4. The van der Waals surface area contributed by atoms with E-state index in [1.54, 1.807) is 12.0 Å². The summed E-state index contributed by atoms with van der Waals surface area (Å²) in [5, 5.41) is 2.61. The number of hydrogen-bond donors (Lipinski definition) is 1. The number of nitrogens with one attached hydrogen (secondary N) is 1. The maximum atomic E-state index is 13.4. The Kier molecular flexibility index (Phi) is 10.5. The van der Waals surface area contributed by atoms with Crippen molar-refractivity contribution in [2.75, 3.05) is 38.7 Å². The van der Waals surface area contributed by atoms with Crippen molar-refractivity contribution in [3.8, 4) is 0 Å². The maximum Gasteiger partial charge on any atom is 0.322 e. The van der Waals surface area contributed by atoms with E-state index in [2.05, 4.69) is 12.2 Å². The monoisotopic (exact) mass is 466 g/mol. The van der Waals surface area contributed by atoms with Gasteiger partial charge in [0.2, 0.25) is 5.91 Å². The van der Waals surface area contributed by atoms with Crippen LogP contribution in [0.4, 0.5) is 14.9 Å². The summed E-state index contributed by atoms with van der Waals surface area (Å²) in [6.45, 7) is 3.89. The summed E-state index contributed by atoms with van der Waals surface area (Å²) in [5.41, 5.74) is 1.38. The average Bonchev–Trinajstić information content (AvgIpc) is 3.17. The molecule has 0 fully saturated rings. The lowest BCUT2D eigenvalue weighted by atomic mass is 10.2. The number of hydrogen-bond acceptors (Lipinski definition) is 3. The van der Waals surface area contributed by atoms with E-state index < -0.39 is 11.8 Å². The number of aromatic nitrogens is 1. The summed E-state index contributed by atoms with van der Waals surface area (Å²) in [6.07, 6.45) is 4.35. The minimum Gasteiger partial charge on any atom is -0.385 e. The number of halogens is 2. The molecule has 32 heavy (non-hydrogen) atoms. The Balaban J connectivity index is 2.12. The third-order valence-corrected chi connectivity index (χ3v) is 5.39. The van der Waals surface area contributed by atoms with E-state index in [0.717, 1.165) is 18.5 Å². The zero-order chi connectivity index (χ0) is 23.5. The van der Waals surface area contributed by atoms with Crippen molar-refractivity contribution in [3.05, 3.63) is 53.1 Å². The molecule has 0 aliphatic heterocycles. The van der Waals surface area contributed by atoms with E-state index in [0.29, 0.717) is 38.3 Å². The number of aryl methyl sites for hydroxylation is 1. The molecule has 1 heterocycles. The zero-order valence-electron chi connectivity index (χ0n) is 18.9. The number of amides is 3. The van der Waals surface area contributed by atoms with E-state index in [9.17, 15) is 14.0 Å². The second-order valence-electron chi connectivity index (χ2n) is 7.61. The normalized spacial score (nSPS) is 10.8. The first-order valence-electron chi connectivity index (χ1n) is 10.7. The number of carbonyl (C=O) groups excluding carboxylic acids is 2. The fourth-order valence-electron chi connectivity index (χ4n) is 3.19. The van der Waals surface area contributed by atoms with Gasteiger partial charge in [-0.25, -0.2) is 9.18 Å². The Hall–Kier alpha value is -2.58. The number of urea groups is 1. The lowest BCUT2D eigenvalue weighted by molar-refractivity contribution is -0.132. The number of benzene rings is 1. The zero-order valence-corrected chi connectivity index (χ0v) is 19.7. The van der Waals surface area contributed by atoms with Crippen LogP contribution in [0.1, 0.15) is 31.9 Å². The highest BCUT2D eigenvalue weighted by Gasteiger charge is 2.22. The fourth-order valence-corrected chi connectivity index (χ4v) is 3.37. The van der Waals surface area contributed by atoms with E-state index in [-0.39, 0.29) is 17.5 Å². The van der Waals surface area contributed by atoms with Gasteiger partial charge in [0.1, 0.15) is 12.4 Å². The minimum absolute atomic E-state index is 0.0708. The van der Waals surface area contributed by atoms with Crippen LogP contribution in [0.15, 0.2) is 36.5 Å². The van der Waals surface area contributed by atoms with Crippen molar-refractivity contribution < 1.29 is 18.7 Å². The van der Waals surface area contributed by atoms with E-state index >= 15 is 0 Å². The van der Waals surface area contributed by atoms with Gasteiger partial charge in [0, 0.05) is 51.4 Å². The van der Waals surface area contributed by atoms with Crippen LogP contribution in [0, 0.1) is 5.82 Å². The van der Waals surface area contributed by atoms with Gasteiger partial charge in [0.15, 0.2) is 0 Å². The van der Waals surface area contributed by atoms with E-state index in [1.807, 2.05) is 29.9 Å². The first-order chi connectivity index (χ1) is 15.3. The molecule has 0 bridgehead atoms. The molecule has 0 radical (unpaired) electrons. The average molecular weight is 467 g/mol. The molecule has 9 heteroatoms. The van der Waals surface area contributed by atoms with Crippen molar-refractivity contribution in [2.45, 2.75) is 32.7 Å². The van der Waals surface area contributed by atoms with Crippen LogP contribution >= 0.6 is 11.6 Å². The van der Waals surface area contributed by atoms with Gasteiger partial charge in [-0.1, -0.05) is 24.9 Å². The van der Waals surface area contributed by atoms with Crippen LogP contribution in [0.3, 0.4) is 0 Å². The number of ether oxygens (including phenoxy) is 1. The van der Waals surface area contributed by atoms with Gasteiger partial charge in [-0.2, -0.15) is 0 Å². The molecule has 0 aliphatic carbocycles. The SMILES string of the molecule is CCCCN(Cc1cccn1C)C(=O)CN(CCCOC)C(=O)Nc1ccc(F)c(Cl)c1. The number of unbranched alkanes of at least 4 members (excludes halogenated alkanes) is 1. The lowest BCUT2D eigenvalue weighted by Crippen LogP contribution is -2.45. The third-order valence-electron chi connectivity index (χ3n) is 5.10. The number of rotatable bonds is 12. The highest BCUT2D eigenvalue weighted by molar-refractivity contribution is 6.31. The molecule has 2 rings (SSSR count). The quantitative estimate of drug-likeness (QED) is 0.468. The summed E-state index contributed by atoms with van der Waals surface area (Å²) >= 11 is 5.81. The first kappa shape index (κ1) is 25.7. The Morgan fingerprint density at radius 3 is 2.56 bits per heavy atom. The molecule has 0 aliphatic rings. The first-order valence-corrected chi connectivity index (χ1v) is 11.1. The molecular formula is C23H32ClFN4O3. The molecule has 0 saturated carbocycles. The number of carbonyl (C=O) groups is 2. The predicted octanol–water partition coefficient (Wildman–Crippen LogP) is 4.52. The molecule has 1 aromatic carbocycles. The predicted molar refractivity (Wildman–Crippen MR) is 124 cm³/mol. The Morgan fingerprint density at radius 2 is 1.94 bits per heavy atom. The van der Waals surface area contributed by atoms with Crippen LogP contribution in [0.25, 0.3) is 0 Å². The lowest BCUT2D eigenvalue weighted by Gasteiger charge is -2.28. The highest BCUT2D eigenvalue weighted by Crippen LogP contribution is 2.20. The topological polar surface area (TPSA) is 66.8 Å². The Labute approximate surface area is 194 Å². The summed E-state index contributed by atoms with van der Waals surface area (Å²) in [4.78, 5) is 29.3. The molecule has 1 aromatic heterocycles. The van der Waals surface area contributed by atoms with Crippen molar-refractivity contribution in [1.82, 2.24) is 14.4 Å². The fraction of sp³-hybridized carbons (Fsp3) is 0.478. The number of anilines is 1. The number of methoxy groups -OCH3 is 1. The molecule has 2 aromatic rings. The van der Waals surface area contributed by atoms with Gasteiger partial charge in [-0.15, -0.1) is 0 Å². The smallest absolute Gasteiger partial charge is 0.322 e. The molecule has 0 unspecified atom stereocenters. The van der Waals surface area contributed by atoms with Gasteiger partial charge in [0.25, 0.3) is 0 Å². The molecule has 3 amide bonds. The highest BCUT2D eigenvalue weighted by atomic mass is 35.5. The largest absolute Gasteiger partial charge is 0.385 e. The molecule has 0 atom stereocenters. The third kappa shape index (κ3) is 7.84. The minimum atomic E-state index is -0.566. The van der Waals surface area contributed by atoms with Gasteiger partial charge >= 0.3 is 6.03 Å². The van der Waals surface area contributed by atoms with Gasteiger partial charge < -0.3 is 24.4 Å². The van der Waals surface area contributed by atoms with Crippen molar-refractivity contribution >= 4 is 29.2 Å². The molecular weight excluding hydrogens is 435 g/mol. The standard InChI is InChI=1S/C23H32ClFN4O3/c1-4-5-12-28(16-19-8-6-11-27(19)2)22(30)17-29(13-7-14-32-3)23(31)26-18-9-10-21(25)20(24)15-18/h6,8-11,15H,4-5,7,12-14,16-17H2,1-3H3,(H,26,31). The summed E-state index contributed by atoms with van der Waals surface area (Å²) in [6, 6.07) is 7.42. The second kappa shape index (κ2) is 13.1. The summed E-state index contributed by atoms with van der Waals surface area (Å²) in [7, 11) is 3.53. The molecule has 0 saturated heterocycles. The van der Waals surface area contributed by atoms with Gasteiger partial charge in [-0.3, -0.25) is 4.79 Å². The van der Waals surface area contributed by atoms with Crippen LogP contribution < -0.4 is 5.32 Å². The van der Waals surface area contributed by atoms with Crippen LogP contribution in [-0.4, -0.2) is 59.7 Å². The van der Waals surface area contributed by atoms with Crippen LogP contribution in [0.5, 0.6) is 0 Å². The Morgan fingerprint density at radius 1 is 1.19 bits per heavy atom. The Bertz CT molecular complexity index is 890. The van der Waals surface area contributed by atoms with E-state index in [4.69, 9.17) is 16.3 Å². The van der Waals surface area contributed by atoms with Crippen molar-refractivity contribution in [2.24, 2.45) is 7.05 Å². The van der Waals surface area contributed by atoms with E-state index in [1.165, 1.54) is 23.1 Å². The van der Waals surface area contributed by atoms with Crippen molar-refractivity contribution in [3.63, 3.8) is 0 Å². The molecule has 1 N–H and O–H groups in total.